The summed E-state index contributed by atoms with van der Waals surface area (Å²) in [5, 5.41) is 0.969. The highest BCUT2D eigenvalue weighted by molar-refractivity contribution is 5.92. The quantitative estimate of drug-likeness (QED) is 0.870. The number of fused-ring (bicyclic) bond motifs is 1. The van der Waals surface area contributed by atoms with Gasteiger partial charge in [0, 0.05) is 17.8 Å². The van der Waals surface area contributed by atoms with Crippen LogP contribution in [0.1, 0.15) is 45.7 Å². The zero-order valence-electron chi connectivity index (χ0n) is 12.2. The lowest BCUT2D eigenvalue weighted by Gasteiger charge is -2.21. The fourth-order valence-electron chi connectivity index (χ4n) is 2.06. The van der Waals surface area contributed by atoms with Gasteiger partial charge in [0.1, 0.15) is 5.65 Å². The molecule has 2 aromatic heterocycles. The van der Waals surface area contributed by atoms with Gasteiger partial charge < -0.3 is 10.7 Å². The Labute approximate surface area is 113 Å². The first-order chi connectivity index (χ1) is 8.64. The van der Waals surface area contributed by atoms with Gasteiger partial charge in [-0.05, 0) is 36.5 Å². The number of rotatable bonds is 2. The van der Waals surface area contributed by atoms with Gasteiger partial charge in [0.2, 0.25) is 5.91 Å². The number of carbonyl (C=O) groups excluding carboxylic acids is 1. The molecule has 2 heterocycles. The molecule has 0 saturated heterocycles. The molecule has 0 aromatic carbocycles. The molecule has 0 spiro atoms. The molecule has 4 heteroatoms. The van der Waals surface area contributed by atoms with E-state index >= 15 is 0 Å². The predicted octanol–water partition coefficient (Wildman–Crippen LogP) is 2.62. The van der Waals surface area contributed by atoms with Crippen molar-refractivity contribution in [2.75, 3.05) is 0 Å². The average Bonchev–Trinajstić information content (AvgIpc) is 2.70. The third kappa shape index (κ3) is 2.23. The van der Waals surface area contributed by atoms with Crippen LogP contribution in [0.4, 0.5) is 0 Å². The molecule has 19 heavy (non-hydrogen) atoms. The number of H-pyrrole nitrogens is 1. The van der Waals surface area contributed by atoms with Crippen LogP contribution in [0.25, 0.3) is 11.0 Å². The second kappa shape index (κ2) is 4.08. The summed E-state index contributed by atoms with van der Waals surface area (Å²) in [6, 6.07) is 2.10. The minimum Gasteiger partial charge on any atom is -0.369 e. The van der Waals surface area contributed by atoms with Gasteiger partial charge in [0.15, 0.2) is 0 Å². The second-order valence-corrected chi connectivity index (χ2v) is 6.56. The molecule has 0 aliphatic carbocycles. The van der Waals surface area contributed by atoms with Crippen LogP contribution in [0.15, 0.2) is 18.5 Å². The van der Waals surface area contributed by atoms with E-state index in [1.807, 2.05) is 26.2 Å². The van der Waals surface area contributed by atoms with Crippen molar-refractivity contribution < 1.29 is 4.79 Å². The lowest BCUT2D eigenvalue weighted by atomic mass is 9.82. The standard InChI is InChI=1S/C15H21N3O/c1-14(2,3)9-6-10-11(15(4,5)13(16)19)8-18-12(10)17-7-9/h6-8H,1-5H3,(H2,16,19)(H,17,18). The van der Waals surface area contributed by atoms with Crippen LogP contribution in [0.3, 0.4) is 0 Å². The number of hydrogen-bond acceptors (Lipinski definition) is 2. The lowest BCUT2D eigenvalue weighted by Crippen LogP contribution is -2.35. The maximum atomic E-state index is 11.6. The molecule has 2 rings (SSSR count). The van der Waals surface area contributed by atoms with Crippen LogP contribution < -0.4 is 5.73 Å². The molecule has 0 atom stereocenters. The Bertz CT molecular complexity index is 632. The highest BCUT2D eigenvalue weighted by Crippen LogP contribution is 2.32. The maximum absolute atomic E-state index is 11.6. The van der Waals surface area contributed by atoms with Crippen LogP contribution in [0.2, 0.25) is 0 Å². The first-order valence-corrected chi connectivity index (χ1v) is 6.42. The number of aromatic amines is 1. The molecule has 0 bridgehead atoms. The molecule has 0 fully saturated rings. The van der Waals surface area contributed by atoms with Crippen LogP contribution in [-0.2, 0) is 15.6 Å². The fourth-order valence-corrected chi connectivity index (χ4v) is 2.06. The summed E-state index contributed by atoms with van der Waals surface area (Å²) in [6.07, 6.45) is 3.70. The molecular weight excluding hydrogens is 238 g/mol. The van der Waals surface area contributed by atoms with E-state index in [9.17, 15) is 4.79 Å². The van der Waals surface area contributed by atoms with Crippen LogP contribution in [-0.4, -0.2) is 15.9 Å². The van der Waals surface area contributed by atoms with Crippen molar-refractivity contribution in [3.8, 4) is 0 Å². The van der Waals surface area contributed by atoms with E-state index in [4.69, 9.17) is 5.73 Å². The highest BCUT2D eigenvalue weighted by Gasteiger charge is 2.30. The van der Waals surface area contributed by atoms with Crippen LogP contribution in [0.5, 0.6) is 0 Å². The molecule has 3 N–H and O–H groups in total. The largest absolute Gasteiger partial charge is 0.369 e. The Kier molecular flexibility index (Phi) is 2.92. The number of nitrogens with one attached hydrogen (secondary N) is 1. The smallest absolute Gasteiger partial charge is 0.227 e. The first-order valence-electron chi connectivity index (χ1n) is 6.42. The molecule has 0 aliphatic heterocycles. The topological polar surface area (TPSA) is 71.8 Å². The van der Waals surface area contributed by atoms with Crippen molar-refractivity contribution in [1.29, 1.82) is 0 Å². The van der Waals surface area contributed by atoms with Crippen LogP contribution >= 0.6 is 0 Å². The van der Waals surface area contributed by atoms with Gasteiger partial charge in [0.05, 0.1) is 5.41 Å². The average molecular weight is 259 g/mol. The maximum Gasteiger partial charge on any atom is 0.227 e. The van der Waals surface area contributed by atoms with Gasteiger partial charge in [0.25, 0.3) is 0 Å². The molecule has 2 aromatic rings. The van der Waals surface area contributed by atoms with E-state index in [1.54, 1.807) is 0 Å². The van der Waals surface area contributed by atoms with Crippen molar-refractivity contribution in [3.63, 3.8) is 0 Å². The number of aromatic nitrogens is 2. The third-order valence-corrected chi connectivity index (χ3v) is 3.69. The SMILES string of the molecule is CC(C)(C)c1cnc2[nH]cc(C(C)(C)C(N)=O)c2c1. The summed E-state index contributed by atoms with van der Waals surface area (Å²) in [7, 11) is 0. The van der Waals surface area contributed by atoms with E-state index in [2.05, 4.69) is 36.8 Å². The number of amides is 1. The summed E-state index contributed by atoms with van der Waals surface area (Å²) >= 11 is 0. The van der Waals surface area contributed by atoms with E-state index in [0.29, 0.717) is 0 Å². The minimum absolute atomic E-state index is 0.0204. The Hall–Kier alpha value is -1.84. The third-order valence-electron chi connectivity index (χ3n) is 3.69. The molecule has 102 valence electrons. The van der Waals surface area contributed by atoms with Gasteiger partial charge in [-0.1, -0.05) is 20.8 Å². The summed E-state index contributed by atoms with van der Waals surface area (Å²) in [5.41, 5.74) is 7.64. The van der Waals surface area contributed by atoms with Gasteiger partial charge in [-0.15, -0.1) is 0 Å². The van der Waals surface area contributed by atoms with E-state index in [-0.39, 0.29) is 11.3 Å². The predicted molar refractivity (Wildman–Crippen MR) is 77.0 cm³/mol. The van der Waals surface area contributed by atoms with Crippen molar-refractivity contribution in [3.05, 3.63) is 29.6 Å². The summed E-state index contributed by atoms with van der Waals surface area (Å²) in [6.45, 7) is 10.1. The first kappa shape index (κ1) is 13.6. The minimum atomic E-state index is -0.712. The molecule has 4 nitrogen and oxygen atoms in total. The molecule has 0 saturated carbocycles. The Morgan fingerprint density at radius 3 is 2.42 bits per heavy atom. The summed E-state index contributed by atoms with van der Waals surface area (Å²) < 4.78 is 0. The van der Waals surface area contributed by atoms with Crippen LogP contribution in [0, 0.1) is 0 Å². The number of pyridine rings is 1. The second-order valence-electron chi connectivity index (χ2n) is 6.56. The number of hydrogen-bond donors (Lipinski definition) is 2. The van der Waals surface area contributed by atoms with Crippen molar-refractivity contribution in [2.45, 2.75) is 45.4 Å². The van der Waals surface area contributed by atoms with Gasteiger partial charge in [-0.3, -0.25) is 4.79 Å². The Morgan fingerprint density at radius 2 is 1.89 bits per heavy atom. The molecular formula is C15H21N3O. The summed E-state index contributed by atoms with van der Waals surface area (Å²) in [4.78, 5) is 19.2. The zero-order valence-corrected chi connectivity index (χ0v) is 12.2. The van der Waals surface area contributed by atoms with Gasteiger partial charge >= 0.3 is 0 Å². The van der Waals surface area contributed by atoms with Gasteiger partial charge in [-0.25, -0.2) is 4.98 Å². The van der Waals surface area contributed by atoms with Gasteiger partial charge in [-0.2, -0.15) is 0 Å². The Morgan fingerprint density at radius 1 is 1.26 bits per heavy atom. The van der Waals surface area contributed by atoms with Crippen molar-refractivity contribution in [2.24, 2.45) is 5.73 Å². The number of carbonyl (C=O) groups is 1. The van der Waals surface area contributed by atoms with Crippen molar-refractivity contribution >= 4 is 16.9 Å². The molecule has 0 unspecified atom stereocenters. The highest BCUT2D eigenvalue weighted by atomic mass is 16.1. The van der Waals surface area contributed by atoms with E-state index in [0.717, 1.165) is 22.2 Å². The van der Waals surface area contributed by atoms with E-state index in [1.165, 1.54) is 0 Å². The Balaban J connectivity index is 2.68. The zero-order chi connectivity index (χ0) is 14.4. The van der Waals surface area contributed by atoms with Crippen molar-refractivity contribution in [1.82, 2.24) is 9.97 Å². The van der Waals surface area contributed by atoms with E-state index < -0.39 is 5.41 Å². The molecule has 1 amide bonds. The molecule has 0 aliphatic rings. The normalized spacial score (nSPS) is 12.9. The summed E-state index contributed by atoms with van der Waals surface area (Å²) in [5.74, 6) is -0.338. The monoisotopic (exact) mass is 259 g/mol. The number of nitrogens with two attached hydrogens (primary N) is 1. The number of primary amides is 1. The lowest BCUT2D eigenvalue weighted by molar-refractivity contribution is -0.122. The number of nitrogens with zero attached hydrogens (tertiary/aromatic N) is 1. The fraction of sp³-hybridized carbons (Fsp3) is 0.467. The molecule has 0 radical (unpaired) electrons.